The number of benzene rings is 2. The van der Waals surface area contributed by atoms with Crippen LogP contribution in [0.15, 0.2) is 59.4 Å². The molecule has 1 amide bonds. The van der Waals surface area contributed by atoms with Gasteiger partial charge in [0.05, 0.1) is 19.9 Å². The number of anilines is 1. The lowest BCUT2D eigenvalue weighted by molar-refractivity contribution is -0.117. The average molecular weight is 383 g/mol. The molecule has 28 heavy (non-hydrogen) atoms. The molecule has 0 radical (unpaired) electrons. The molecular formula is C20H18FN3O4. The van der Waals surface area contributed by atoms with Gasteiger partial charge >= 0.3 is 0 Å². The number of rotatable bonds is 6. The maximum atomic E-state index is 13.1. The molecule has 0 aliphatic heterocycles. The Balaban J connectivity index is 1.84. The normalized spacial score (nSPS) is 10.4. The summed E-state index contributed by atoms with van der Waals surface area (Å²) in [7, 11) is 2.95. The highest BCUT2D eigenvalue weighted by Gasteiger charge is 2.14. The van der Waals surface area contributed by atoms with E-state index in [1.807, 2.05) is 0 Å². The Morgan fingerprint density at radius 2 is 1.68 bits per heavy atom. The van der Waals surface area contributed by atoms with Gasteiger partial charge in [0.2, 0.25) is 5.91 Å². The second-order valence-electron chi connectivity index (χ2n) is 5.81. The van der Waals surface area contributed by atoms with Gasteiger partial charge in [0, 0.05) is 11.6 Å². The first-order valence-electron chi connectivity index (χ1n) is 8.37. The summed E-state index contributed by atoms with van der Waals surface area (Å²) < 4.78 is 24.6. The van der Waals surface area contributed by atoms with Crippen LogP contribution in [0.3, 0.4) is 0 Å². The van der Waals surface area contributed by atoms with Crippen LogP contribution in [0.4, 0.5) is 10.1 Å². The standard InChI is InChI=1S/C20H18FN3O4/c1-27-16-4-3-5-17(28-2)20(16)22-18(25)12-24-19(26)11-10-15(23-24)13-6-8-14(21)9-7-13/h3-11H,12H2,1-2H3,(H,22,25). The van der Waals surface area contributed by atoms with Gasteiger partial charge in [-0.25, -0.2) is 9.07 Å². The van der Waals surface area contributed by atoms with Crippen LogP contribution in [-0.2, 0) is 11.3 Å². The molecule has 0 unspecified atom stereocenters. The fourth-order valence-corrected chi connectivity index (χ4v) is 2.63. The largest absolute Gasteiger partial charge is 0.494 e. The van der Waals surface area contributed by atoms with Crippen LogP contribution in [0.5, 0.6) is 11.5 Å². The molecule has 0 spiro atoms. The highest BCUT2D eigenvalue weighted by molar-refractivity contribution is 5.94. The Kier molecular flexibility index (Phi) is 5.69. The van der Waals surface area contributed by atoms with Crippen molar-refractivity contribution in [3.8, 4) is 22.8 Å². The fourth-order valence-electron chi connectivity index (χ4n) is 2.63. The molecule has 0 aliphatic rings. The highest BCUT2D eigenvalue weighted by atomic mass is 19.1. The molecule has 3 rings (SSSR count). The number of para-hydroxylation sites is 1. The number of hydrogen-bond donors (Lipinski definition) is 1. The smallest absolute Gasteiger partial charge is 0.267 e. The summed E-state index contributed by atoms with van der Waals surface area (Å²) in [5.41, 5.74) is 0.998. The average Bonchev–Trinajstić information content (AvgIpc) is 2.70. The summed E-state index contributed by atoms with van der Waals surface area (Å²) in [5, 5.41) is 6.88. The second-order valence-corrected chi connectivity index (χ2v) is 5.81. The van der Waals surface area contributed by atoms with E-state index in [-0.39, 0.29) is 12.4 Å². The lowest BCUT2D eigenvalue weighted by Gasteiger charge is -2.14. The Bertz CT molecular complexity index is 1030. The molecule has 1 heterocycles. The molecule has 1 N–H and O–H groups in total. The van der Waals surface area contributed by atoms with Crippen molar-refractivity contribution >= 4 is 11.6 Å². The van der Waals surface area contributed by atoms with Crippen molar-refractivity contribution < 1.29 is 18.7 Å². The molecule has 8 heteroatoms. The van der Waals surface area contributed by atoms with E-state index in [9.17, 15) is 14.0 Å². The third-order valence-electron chi connectivity index (χ3n) is 3.99. The molecule has 7 nitrogen and oxygen atoms in total. The number of nitrogens with zero attached hydrogens (tertiary/aromatic N) is 2. The van der Waals surface area contributed by atoms with E-state index in [0.717, 1.165) is 4.68 Å². The third kappa shape index (κ3) is 4.17. The lowest BCUT2D eigenvalue weighted by atomic mass is 10.1. The second kappa shape index (κ2) is 8.34. The Morgan fingerprint density at radius 3 is 2.29 bits per heavy atom. The van der Waals surface area contributed by atoms with Crippen LogP contribution in [0.2, 0.25) is 0 Å². The Labute approximate surface area is 160 Å². The minimum Gasteiger partial charge on any atom is -0.494 e. The minimum atomic E-state index is -0.478. The molecule has 3 aromatic rings. The van der Waals surface area contributed by atoms with E-state index in [0.29, 0.717) is 28.4 Å². The van der Waals surface area contributed by atoms with Crippen molar-refractivity contribution in [1.82, 2.24) is 9.78 Å². The van der Waals surface area contributed by atoms with Crippen molar-refractivity contribution in [1.29, 1.82) is 0 Å². The maximum Gasteiger partial charge on any atom is 0.267 e. The quantitative estimate of drug-likeness (QED) is 0.708. The van der Waals surface area contributed by atoms with Crippen LogP contribution in [-0.4, -0.2) is 29.9 Å². The lowest BCUT2D eigenvalue weighted by Crippen LogP contribution is -2.29. The summed E-state index contributed by atoms with van der Waals surface area (Å²) in [5.74, 6) is -0.00278. The van der Waals surface area contributed by atoms with E-state index >= 15 is 0 Å². The summed E-state index contributed by atoms with van der Waals surface area (Å²) >= 11 is 0. The first-order valence-corrected chi connectivity index (χ1v) is 8.37. The molecule has 144 valence electrons. The van der Waals surface area contributed by atoms with Crippen molar-refractivity contribution in [2.24, 2.45) is 0 Å². The summed E-state index contributed by atoms with van der Waals surface area (Å²) in [4.78, 5) is 24.6. The SMILES string of the molecule is COc1cccc(OC)c1NC(=O)Cn1nc(-c2ccc(F)cc2)ccc1=O. The Hall–Kier alpha value is -3.68. The zero-order chi connectivity index (χ0) is 20.1. The van der Waals surface area contributed by atoms with Gasteiger partial charge < -0.3 is 14.8 Å². The molecule has 0 saturated carbocycles. The number of carbonyl (C=O) groups excluding carboxylic acids is 1. The zero-order valence-corrected chi connectivity index (χ0v) is 15.3. The first-order chi connectivity index (χ1) is 13.5. The van der Waals surface area contributed by atoms with Gasteiger partial charge in [0.15, 0.2) is 0 Å². The molecule has 2 aromatic carbocycles. The van der Waals surface area contributed by atoms with Crippen molar-refractivity contribution in [2.45, 2.75) is 6.54 Å². The van der Waals surface area contributed by atoms with E-state index in [2.05, 4.69) is 10.4 Å². The molecule has 0 bridgehead atoms. The van der Waals surface area contributed by atoms with Crippen molar-refractivity contribution in [3.63, 3.8) is 0 Å². The molecule has 0 atom stereocenters. The van der Waals surface area contributed by atoms with Gasteiger partial charge in [-0.15, -0.1) is 0 Å². The number of halogens is 1. The highest BCUT2D eigenvalue weighted by Crippen LogP contribution is 2.34. The monoisotopic (exact) mass is 383 g/mol. The number of ether oxygens (including phenoxy) is 2. The topological polar surface area (TPSA) is 82.4 Å². The van der Waals surface area contributed by atoms with Gasteiger partial charge in [-0.2, -0.15) is 5.10 Å². The number of carbonyl (C=O) groups is 1. The zero-order valence-electron chi connectivity index (χ0n) is 15.3. The molecule has 0 fully saturated rings. The van der Waals surface area contributed by atoms with E-state index in [4.69, 9.17) is 9.47 Å². The molecular weight excluding hydrogens is 365 g/mol. The number of hydrogen-bond acceptors (Lipinski definition) is 5. The van der Waals surface area contributed by atoms with Gasteiger partial charge in [0.25, 0.3) is 5.56 Å². The van der Waals surface area contributed by atoms with Crippen LogP contribution >= 0.6 is 0 Å². The molecule has 0 saturated heterocycles. The van der Waals surface area contributed by atoms with Crippen molar-refractivity contribution in [3.05, 3.63) is 70.8 Å². The Morgan fingerprint density at radius 1 is 1.04 bits per heavy atom. The van der Waals surface area contributed by atoms with E-state index in [1.165, 1.54) is 38.5 Å². The number of methoxy groups -OCH3 is 2. The first kappa shape index (κ1) is 19.1. The summed E-state index contributed by atoms with van der Waals surface area (Å²) in [6.07, 6.45) is 0. The van der Waals surface area contributed by atoms with Crippen molar-refractivity contribution in [2.75, 3.05) is 19.5 Å². The van der Waals surface area contributed by atoms with Gasteiger partial charge in [-0.3, -0.25) is 9.59 Å². The number of amides is 1. The number of nitrogens with one attached hydrogen (secondary N) is 1. The predicted molar refractivity (Wildman–Crippen MR) is 102 cm³/mol. The van der Waals surface area contributed by atoms with Gasteiger partial charge in [-0.05, 0) is 42.5 Å². The van der Waals surface area contributed by atoms with Crippen LogP contribution in [0.1, 0.15) is 0 Å². The molecule has 1 aromatic heterocycles. The van der Waals surface area contributed by atoms with E-state index < -0.39 is 11.5 Å². The van der Waals surface area contributed by atoms with Crippen LogP contribution < -0.4 is 20.3 Å². The minimum absolute atomic E-state index is 0.310. The summed E-state index contributed by atoms with van der Waals surface area (Å²) in [6.45, 7) is -0.310. The van der Waals surface area contributed by atoms with E-state index in [1.54, 1.807) is 30.3 Å². The summed E-state index contributed by atoms with van der Waals surface area (Å²) in [6, 6.07) is 13.6. The third-order valence-corrected chi connectivity index (χ3v) is 3.99. The maximum absolute atomic E-state index is 13.1. The molecule has 0 aliphatic carbocycles. The van der Waals surface area contributed by atoms with Gasteiger partial charge in [0.1, 0.15) is 29.5 Å². The predicted octanol–water partition coefficient (Wildman–Crippen LogP) is 2.71. The number of aromatic nitrogens is 2. The van der Waals surface area contributed by atoms with Gasteiger partial charge in [-0.1, -0.05) is 6.07 Å². The van der Waals surface area contributed by atoms with Crippen LogP contribution in [0, 0.1) is 5.82 Å². The van der Waals surface area contributed by atoms with Crippen LogP contribution in [0.25, 0.3) is 11.3 Å². The fraction of sp³-hybridized carbons (Fsp3) is 0.150.